The van der Waals surface area contributed by atoms with E-state index in [0.717, 1.165) is 29.8 Å². The van der Waals surface area contributed by atoms with Crippen molar-refractivity contribution in [1.29, 1.82) is 5.26 Å². The van der Waals surface area contributed by atoms with Crippen molar-refractivity contribution < 1.29 is 17.5 Å². The number of piperidine rings is 1. The van der Waals surface area contributed by atoms with E-state index in [1.54, 1.807) is 6.20 Å². The highest BCUT2D eigenvalue weighted by Crippen LogP contribution is 2.38. The molecule has 1 atom stereocenters. The molecule has 3 heterocycles. The van der Waals surface area contributed by atoms with Crippen LogP contribution in [0.15, 0.2) is 29.2 Å². The Morgan fingerprint density at radius 1 is 1.24 bits per heavy atom. The summed E-state index contributed by atoms with van der Waals surface area (Å²) in [6.07, 6.45) is 5.61. The molecule has 1 N–H and O–H groups in total. The molecule has 1 aliphatic carbocycles. The average Bonchev–Trinajstić information content (AvgIpc) is 3.76. The Morgan fingerprint density at radius 2 is 2.00 bits per heavy atom. The molecule has 1 aromatic carbocycles. The zero-order valence-electron chi connectivity index (χ0n) is 20.9. The monoisotopic (exact) mass is 564 g/mol. The van der Waals surface area contributed by atoms with Crippen molar-refractivity contribution in [3.05, 3.63) is 51.2 Å². The summed E-state index contributed by atoms with van der Waals surface area (Å²) in [4.78, 5) is 13.0. The van der Waals surface area contributed by atoms with E-state index in [9.17, 15) is 17.6 Å². The second kappa shape index (κ2) is 11.2. The van der Waals surface area contributed by atoms with Crippen molar-refractivity contribution in [2.75, 3.05) is 42.5 Å². The first-order chi connectivity index (χ1) is 18.3. The summed E-state index contributed by atoms with van der Waals surface area (Å²) >= 11 is 6.39. The number of hydrogen-bond acceptors (Lipinski definition) is 7. The van der Waals surface area contributed by atoms with Crippen molar-refractivity contribution in [1.82, 2.24) is 14.1 Å². The molecule has 3 fully saturated rings. The molecule has 0 amide bonds. The Morgan fingerprint density at radius 3 is 2.63 bits per heavy atom. The van der Waals surface area contributed by atoms with Crippen LogP contribution in [0.2, 0.25) is 5.02 Å². The van der Waals surface area contributed by atoms with E-state index in [4.69, 9.17) is 21.6 Å². The lowest BCUT2D eigenvalue weighted by Gasteiger charge is -2.36. The van der Waals surface area contributed by atoms with Gasteiger partial charge in [0.1, 0.15) is 10.8 Å². The number of anilines is 2. The minimum Gasteiger partial charge on any atom is -0.382 e. The summed E-state index contributed by atoms with van der Waals surface area (Å²) in [5.74, 6) is -0.397. The van der Waals surface area contributed by atoms with Crippen molar-refractivity contribution in [3.63, 3.8) is 0 Å². The first-order valence-corrected chi connectivity index (χ1v) is 14.6. The highest BCUT2D eigenvalue weighted by atomic mass is 35.5. The molecule has 0 bridgehead atoms. The highest BCUT2D eigenvalue weighted by molar-refractivity contribution is 7.90. The molecule has 0 radical (unpaired) electrons. The predicted molar refractivity (Wildman–Crippen MR) is 141 cm³/mol. The standard InChI is InChI=1S/C25H30ClFN6O4S/c26-24-22(29-14-18-2-1-11-37-16-18)15-30-32(25(24)34)19-7-9-31(10-8-19)38(35,36)33(20-4-5-20)23-6-3-17(13-28)12-21(23)27/h3,6,12,15,18-20,29H,1-2,4-5,7-11,14,16H2/t18-/m0/s1. The predicted octanol–water partition coefficient (Wildman–Crippen LogP) is 3.30. The van der Waals surface area contributed by atoms with Crippen LogP contribution < -0.4 is 15.2 Å². The van der Waals surface area contributed by atoms with E-state index in [-0.39, 0.29) is 41.4 Å². The summed E-state index contributed by atoms with van der Waals surface area (Å²) < 4.78 is 51.2. The lowest BCUT2D eigenvalue weighted by molar-refractivity contribution is 0.0595. The number of nitrogens with zero attached hydrogens (tertiary/aromatic N) is 5. The second-order valence-corrected chi connectivity index (χ2v) is 12.2. The van der Waals surface area contributed by atoms with Crippen LogP contribution in [0.3, 0.4) is 0 Å². The molecule has 2 aliphatic heterocycles. The molecule has 0 unspecified atom stereocenters. The van der Waals surface area contributed by atoms with Gasteiger partial charge < -0.3 is 10.1 Å². The molecule has 38 heavy (non-hydrogen) atoms. The van der Waals surface area contributed by atoms with Crippen LogP contribution in [0.4, 0.5) is 15.8 Å². The minimum atomic E-state index is -4.02. The second-order valence-electron chi connectivity index (χ2n) is 10.0. The Balaban J connectivity index is 1.26. The van der Waals surface area contributed by atoms with Gasteiger partial charge in [0.15, 0.2) is 0 Å². The van der Waals surface area contributed by atoms with Crippen molar-refractivity contribution in [3.8, 4) is 6.07 Å². The van der Waals surface area contributed by atoms with Crippen LogP contribution in [0.25, 0.3) is 0 Å². The zero-order valence-corrected chi connectivity index (χ0v) is 22.4. The van der Waals surface area contributed by atoms with Crippen LogP contribution in [0.1, 0.15) is 50.1 Å². The Labute approximate surface area is 226 Å². The van der Waals surface area contributed by atoms with Gasteiger partial charge in [0.25, 0.3) is 5.56 Å². The summed E-state index contributed by atoms with van der Waals surface area (Å²) in [7, 11) is -4.02. The van der Waals surface area contributed by atoms with Gasteiger partial charge >= 0.3 is 10.2 Å². The van der Waals surface area contributed by atoms with Crippen LogP contribution >= 0.6 is 11.6 Å². The van der Waals surface area contributed by atoms with Crippen LogP contribution in [-0.2, 0) is 14.9 Å². The largest absolute Gasteiger partial charge is 0.382 e. The van der Waals surface area contributed by atoms with Gasteiger partial charge in [-0.15, -0.1) is 0 Å². The highest BCUT2D eigenvalue weighted by Gasteiger charge is 2.43. The van der Waals surface area contributed by atoms with Gasteiger partial charge in [-0.3, -0.25) is 9.10 Å². The SMILES string of the molecule is N#Cc1ccc(N(C2CC2)S(=O)(=O)N2CCC(n3ncc(NC[C@@H]4CCCOC4)c(Cl)c3=O)CC2)c(F)c1. The lowest BCUT2D eigenvalue weighted by Crippen LogP contribution is -2.49. The molecule has 1 aromatic heterocycles. The number of ether oxygens (including phenoxy) is 1. The fourth-order valence-corrected chi connectivity index (χ4v) is 7.17. The minimum absolute atomic E-state index is 0.0545. The van der Waals surface area contributed by atoms with E-state index in [0.29, 0.717) is 50.4 Å². The van der Waals surface area contributed by atoms with E-state index < -0.39 is 21.6 Å². The molecule has 10 nitrogen and oxygen atoms in total. The molecule has 3 aliphatic rings. The fourth-order valence-electron chi connectivity index (χ4n) is 5.07. The molecule has 204 valence electrons. The van der Waals surface area contributed by atoms with E-state index in [2.05, 4.69) is 10.4 Å². The molecule has 2 aromatic rings. The maximum atomic E-state index is 14.8. The number of nitriles is 1. The number of hydrogen-bond donors (Lipinski definition) is 1. The molecular formula is C25H30ClFN6O4S. The van der Waals surface area contributed by atoms with Gasteiger partial charge in [0.05, 0.1) is 41.9 Å². The summed E-state index contributed by atoms with van der Waals surface area (Å²) in [5, 5.41) is 16.6. The van der Waals surface area contributed by atoms with E-state index >= 15 is 0 Å². The van der Waals surface area contributed by atoms with E-state index in [1.807, 2.05) is 6.07 Å². The number of aromatic nitrogens is 2. The average molecular weight is 565 g/mol. The third-order valence-electron chi connectivity index (χ3n) is 7.32. The maximum absolute atomic E-state index is 14.8. The molecular weight excluding hydrogens is 535 g/mol. The summed E-state index contributed by atoms with van der Waals surface area (Å²) in [6.45, 7) is 2.40. The fraction of sp³-hybridized carbons (Fsp3) is 0.560. The Hall–Kier alpha value is -2.72. The van der Waals surface area contributed by atoms with Crippen molar-refractivity contribution >= 4 is 33.2 Å². The van der Waals surface area contributed by atoms with Crippen LogP contribution in [0, 0.1) is 23.1 Å². The van der Waals surface area contributed by atoms with Crippen molar-refractivity contribution in [2.45, 2.75) is 50.6 Å². The summed E-state index contributed by atoms with van der Waals surface area (Å²) in [6, 6.07) is 5.05. The van der Waals surface area contributed by atoms with Crippen LogP contribution in [0.5, 0.6) is 0 Å². The normalized spacial score (nSPS) is 21.1. The van der Waals surface area contributed by atoms with Gasteiger partial charge in [0.2, 0.25) is 0 Å². The first kappa shape index (κ1) is 26.9. The van der Waals surface area contributed by atoms with Gasteiger partial charge in [-0.2, -0.15) is 23.1 Å². The van der Waals surface area contributed by atoms with Crippen molar-refractivity contribution in [2.24, 2.45) is 5.92 Å². The van der Waals surface area contributed by atoms with Gasteiger partial charge in [-0.1, -0.05) is 11.6 Å². The number of benzene rings is 1. The number of halogens is 2. The topological polar surface area (TPSA) is 121 Å². The smallest absolute Gasteiger partial charge is 0.304 e. The quantitative estimate of drug-likeness (QED) is 0.522. The molecule has 5 rings (SSSR count). The van der Waals surface area contributed by atoms with Crippen LogP contribution in [-0.4, -0.2) is 61.4 Å². The van der Waals surface area contributed by atoms with Gasteiger partial charge in [-0.25, -0.2) is 9.07 Å². The number of rotatable bonds is 8. The zero-order chi connectivity index (χ0) is 26.9. The summed E-state index contributed by atoms with van der Waals surface area (Å²) in [5.41, 5.74) is 0.127. The molecule has 13 heteroatoms. The van der Waals surface area contributed by atoms with E-state index in [1.165, 1.54) is 21.1 Å². The van der Waals surface area contributed by atoms with Gasteiger partial charge in [-0.05, 0) is 62.6 Å². The molecule has 2 saturated heterocycles. The van der Waals surface area contributed by atoms with Gasteiger partial charge in [0, 0.05) is 32.3 Å². The lowest BCUT2D eigenvalue weighted by atomic mass is 10.0. The third kappa shape index (κ3) is 5.52. The first-order valence-electron chi connectivity index (χ1n) is 12.9. The Bertz CT molecular complexity index is 1380. The number of nitrogens with one attached hydrogen (secondary N) is 1. The Kier molecular flexibility index (Phi) is 7.90. The molecule has 1 saturated carbocycles. The third-order valence-corrected chi connectivity index (χ3v) is 9.69. The maximum Gasteiger partial charge on any atom is 0.304 e. The molecule has 0 spiro atoms.